The van der Waals surface area contributed by atoms with E-state index in [1.165, 1.54) is 0 Å². The first-order chi connectivity index (χ1) is 6.36. The number of hydrogen-bond acceptors (Lipinski definition) is 1. The van der Waals surface area contributed by atoms with E-state index in [1.54, 1.807) is 0 Å². The van der Waals surface area contributed by atoms with E-state index >= 15 is 0 Å². The third kappa shape index (κ3) is 3.14. The van der Waals surface area contributed by atoms with Crippen LogP contribution in [0.25, 0.3) is 6.08 Å². The second-order valence-corrected chi connectivity index (χ2v) is 2.67. The molecule has 13 heavy (non-hydrogen) atoms. The largest absolute Gasteiger partial charge is 0.330 e. The Hall–Kier alpha value is -1.52. The van der Waals surface area contributed by atoms with E-state index in [0.29, 0.717) is 6.54 Å². The molecule has 1 nitrogen and oxygen atoms in total. The SMILES string of the molecule is C=Cc1ccc(C#CCCN)cc1. The average molecular weight is 171 g/mol. The molecule has 1 aromatic rings. The Morgan fingerprint density at radius 3 is 2.54 bits per heavy atom. The van der Waals surface area contributed by atoms with Crippen LogP contribution in [-0.2, 0) is 0 Å². The fourth-order valence-corrected chi connectivity index (χ4v) is 0.939. The molecule has 2 N–H and O–H groups in total. The number of benzene rings is 1. The van der Waals surface area contributed by atoms with Gasteiger partial charge in [0.1, 0.15) is 0 Å². The van der Waals surface area contributed by atoms with Crippen LogP contribution in [0.3, 0.4) is 0 Å². The van der Waals surface area contributed by atoms with Gasteiger partial charge in [0, 0.05) is 18.5 Å². The van der Waals surface area contributed by atoms with Crippen molar-refractivity contribution in [2.45, 2.75) is 6.42 Å². The van der Waals surface area contributed by atoms with E-state index in [4.69, 9.17) is 5.73 Å². The molecule has 0 spiro atoms. The molecule has 0 aliphatic heterocycles. The lowest BCUT2D eigenvalue weighted by Crippen LogP contribution is -1.95. The summed E-state index contributed by atoms with van der Waals surface area (Å²) < 4.78 is 0. The average Bonchev–Trinajstić information content (AvgIpc) is 2.19. The molecule has 0 radical (unpaired) electrons. The molecule has 66 valence electrons. The number of rotatable bonds is 2. The van der Waals surface area contributed by atoms with E-state index < -0.39 is 0 Å². The van der Waals surface area contributed by atoms with Crippen LogP contribution in [0.2, 0.25) is 0 Å². The summed E-state index contributed by atoms with van der Waals surface area (Å²) in [7, 11) is 0. The van der Waals surface area contributed by atoms with Crippen molar-refractivity contribution in [3.05, 3.63) is 42.0 Å². The minimum Gasteiger partial charge on any atom is -0.330 e. The predicted octanol–water partition coefficient (Wildman–Crippen LogP) is 2.03. The third-order valence-electron chi connectivity index (χ3n) is 1.65. The van der Waals surface area contributed by atoms with Gasteiger partial charge in [0.05, 0.1) is 0 Å². The molecule has 0 bridgehead atoms. The molecule has 0 saturated heterocycles. The highest BCUT2D eigenvalue weighted by Gasteiger charge is 1.86. The van der Waals surface area contributed by atoms with Gasteiger partial charge in [-0.15, -0.1) is 0 Å². The molecule has 1 aromatic carbocycles. The van der Waals surface area contributed by atoms with Crippen molar-refractivity contribution in [2.24, 2.45) is 5.73 Å². The highest BCUT2D eigenvalue weighted by Crippen LogP contribution is 2.03. The number of nitrogens with two attached hydrogens (primary N) is 1. The van der Waals surface area contributed by atoms with Crippen molar-refractivity contribution in [3.8, 4) is 11.8 Å². The summed E-state index contributed by atoms with van der Waals surface area (Å²) in [6.45, 7) is 4.31. The van der Waals surface area contributed by atoms with Gasteiger partial charge in [-0.1, -0.05) is 36.6 Å². The first-order valence-electron chi connectivity index (χ1n) is 4.28. The van der Waals surface area contributed by atoms with Crippen molar-refractivity contribution in [2.75, 3.05) is 6.54 Å². The second-order valence-electron chi connectivity index (χ2n) is 2.67. The molecule has 1 heteroatoms. The van der Waals surface area contributed by atoms with Gasteiger partial charge in [0.15, 0.2) is 0 Å². The Morgan fingerprint density at radius 1 is 1.31 bits per heavy atom. The van der Waals surface area contributed by atoms with Crippen LogP contribution in [-0.4, -0.2) is 6.54 Å². The predicted molar refractivity (Wildman–Crippen MR) is 57.1 cm³/mol. The van der Waals surface area contributed by atoms with Crippen molar-refractivity contribution in [1.29, 1.82) is 0 Å². The fraction of sp³-hybridized carbons (Fsp3) is 0.167. The maximum Gasteiger partial charge on any atom is 0.0245 e. The summed E-state index contributed by atoms with van der Waals surface area (Å²) in [5.41, 5.74) is 7.46. The summed E-state index contributed by atoms with van der Waals surface area (Å²) in [6, 6.07) is 7.97. The Labute approximate surface area is 79.3 Å². The van der Waals surface area contributed by atoms with Gasteiger partial charge in [0.25, 0.3) is 0 Å². The molecule has 0 heterocycles. The van der Waals surface area contributed by atoms with Crippen LogP contribution in [0, 0.1) is 11.8 Å². The Balaban J connectivity index is 2.71. The molecule has 0 fully saturated rings. The van der Waals surface area contributed by atoms with Crippen LogP contribution < -0.4 is 5.73 Å². The van der Waals surface area contributed by atoms with E-state index in [0.717, 1.165) is 17.5 Å². The Morgan fingerprint density at radius 2 is 2.00 bits per heavy atom. The third-order valence-corrected chi connectivity index (χ3v) is 1.65. The van der Waals surface area contributed by atoms with Crippen molar-refractivity contribution in [3.63, 3.8) is 0 Å². The molecule has 0 saturated carbocycles. The quantitative estimate of drug-likeness (QED) is 0.677. The molecule has 0 unspecified atom stereocenters. The minimum atomic E-state index is 0.623. The lowest BCUT2D eigenvalue weighted by atomic mass is 10.1. The van der Waals surface area contributed by atoms with Gasteiger partial charge < -0.3 is 5.73 Å². The summed E-state index contributed by atoms with van der Waals surface area (Å²) in [4.78, 5) is 0. The van der Waals surface area contributed by atoms with Crippen LogP contribution in [0.1, 0.15) is 17.5 Å². The first-order valence-corrected chi connectivity index (χ1v) is 4.28. The highest BCUT2D eigenvalue weighted by atomic mass is 14.5. The van der Waals surface area contributed by atoms with Crippen LogP contribution >= 0.6 is 0 Å². The molecule has 0 amide bonds. The first kappa shape index (κ1) is 9.57. The van der Waals surface area contributed by atoms with Gasteiger partial charge in [-0.2, -0.15) is 0 Å². The van der Waals surface area contributed by atoms with Gasteiger partial charge in [-0.3, -0.25) is 0 Å². The highest BCUT2D eigenvalue weighted by molar-refractivity contribution is 5.49. The molecule has 0 aromatic heterocycles. The van der Waals surface area contributed by atoms with Crippen molar-refractivity contribution < 1.29 is 0 Å². The van der Waals surface area contributed by atoms with E-state index in [2.05, 4.69) is 18.4 Å². The van der Waals surface area contributed by atoms with Gasteiger partial charge >= 0.3 is 0 Å². The Bertz CT molecular complexity index is 324. The fourth-order valence-electron chi connectivity index (χ4n) is 0.939. The van der Waals surface area contributed by atoms with Crippen LogP contribution in [0.15, 0.2) is 30.8 Å². The van der Waals surface area contributed by atoms with Gasteiger partial charge in [-0.25, -0.2) is 0 Å². The van der Waals surface area contributed by atoms with E-state index in [-0.39, 0.29) is 0 Å². The van der Waals surface area contributed by atoms with Gasteiger partial charge in [-0.05, 0) is 17.7 Å². The lowest BCUT2D eigenvalue weighted by molar-refractivity contribution is 1.03. The molecule has 1 rings (SSSR count). The maximum atomic E-state index is 5.32. The summed E-state index contributed by atoms with van der Waals surface area (Å²) in [6.07, 6.45) is 2.57. The molecule has 0 aliphatic carbocycles. The second kappa shape index (κ2) is 5.18. The molecule has 0 atom stereocenters. The molecule has 0 aliphatic rings. The zero-order chi connectivity index (χ0) is 9.52. The standard InChI is InChI=1S/C12H13N/c1-2-11-6-8-12(9-7-11)5-3-4-10-13/h2,6-9H,1,4,10,13H2. The number of hydrogen-bond donors (Lipinski definition) is 1. The van der Waals surface area contributed by atoms with Crippen molar-refractivity contribution in [1.82, 2.24) is 0 Å². The molecular formula is C12H13N. The zero-order valence-electron chi connectivity index (χ0n) is 7.59. The normalized spacial score (nSPS) is 8.69. The van der Waals surface area contributed by atoms with E-state index in [1.807, 2.05) is 30.3 Å². The summed E-state index contributed by atoms with van der Waals surface area (Å²) in [5.74, 6) is 6.02. The van der Waals surface area contributed by atoms with E-state index in [9.17, 15) is 0 Å². The van der Waals surface area contributed by atoms with Crippen LogP contribution in [0.5, 0.6) is 0 Å². The van der Waals surface area contributed by atoms with Gasteiger partial charge in [0.2, 0.25) is 0 Å². The Kier molecular flexibility index (Phi) is 3.81. The topological polar surface area (TPSA) is 26.0 Å². The molecular weight excluding hydrogens is 158 g/mol. The summed E-state index contributed by atoms with van der Waals surface area (Å²) >= 11 is 0. The summed E-state index contributed by atoms with van der Waals surface area (Å²) in [5, 5.41) is 0. The minimum absolute atomic E-state index is 0.623. The lowest BCUT2D eigenvalue weighted by Gasteiger charge is -1.92. The maximum absolute atomic E-state index is 5.32. The zero-order valence-corrected chi connectivity index (χ0v) is 7.59. The smallest absolute Gasteiger partial charge is 0.0245 e. The monoisotopic (exact) mass is 171 g/mol. The van der Waals surface area contributed by atoms with Crippen LogP contribution in [0.4, 0.5) is 0 Å². The van der Waals surface area contributed by atoms with Crippen molar-refractivity contribution >= 4 is 6.08 Å².